The van der Waals surface area contributed by atoms with Crippen LogP contribution >= 0.6 is 0 Å². The Morgan fingerprint density at radius 3 is 2.15 bits per heavy atom. The second-order valence-electron chi connectivity index (χ2n) is 10.9. The van der Waals surface area contributed by atoms with Crippen LogP contribution in [0.15, 0.2) is 60.7 Å². The molecule has 0 fully saturated rings. The number of esters is 2. The van der Waals surface area contributed by atoms with Crippen molar-refractivity contribution in [1.82, 2.24) is 0 Å². The monoisotopic (exact) mass is 566 g/mol. The number of hydrogen-bond acceptors (Lipinski definition) is 4. The molecular formula is C35H44F2O4. The van der Waals surface area contributed by atoms with E-state index in [4.69, 9.17) is 9.47 Å². The third kappa shape index (κ3) is 10.2. The minimum atomic E-state index is -1.82. The van der Waals surface area contributed by atoms with Crippen LogP contribution in [-0.2, 0) is 16.0 Å². The molecule has 0 saturated heterocycles. The number of aryl methyl sites for hydroxylation is 1. The fourth-order valence-corrected chi connectivity index (χ4v) is 4.78. The van der Waals surface area contributed by atoms with Crippen LogP contribution in [0.1, 0.15) is 106 Å². The van der Waals surface area contributed by atoms with Crippen molar-refractivity contribution in [3.63, 3.8) is 0 Å². The zero-order valence-electron chi connectivity index (χ0n) is 24.7. The van der Waals surface area contributed by atoms with E-state index in [0.717, 1.165) is 36.5 Å². The normalized spacial score (nSPS) is 13.5. The van der Waals surface area contributed by atoms with Gasteiger partial charge in [-0.1, -0.05) is 95.2 Å². The molecule has 0 spiro atoms. The topological polar surface area (TPSA) is 52.6 Å². The lowest BCUT2D eigenvalue weighted by molar-refractivity contribution is -0.147. The predicted octanol–water partition coefficient (Wildman–Crippen LogP) is 9.48. The van der Waals surface area contributed by atoms with Crippen LogP contribution in [-0.4, -0.2) is 30.9 Å². The van der Waals surface area contributed by atoms with Crippen LogP contribution in [0.5, 0.6) is 5.75 Å². The van der Waals surface area contributed by atoms with Gasteiger partial charge in [-0.15, -0.1) is 0 Å². The van der Waals surface area contributed by atoms with Gasteiger partial charge in [-0.05, 0) is 72.4 Å². The van der Waals surface area contributed by atoms with Gasteiger partial charge in [0.05, 0.1) is 11.5 Å². The number of fused-ring (bicyclic) bond motifs is 1. The first kappa shape index (κ1) is 32.2. The summed E-state index contributed by atoms with van der Waals surface area (Å²) in [5.74, 6) is -1.22. The predicted molar refractivity (Wildman–Crippen MR) is 161 cm³/mol. The van der Waals surface area contributed by atoms with Crippen LogP contribution in [0.4, 0.5) is 8.78 Å². The number of hydrogen-bond donors (Lipinski definition) is 0. The largest absolute Gasteiger partial charge is 0.462 e. The summed E-state index contributed by atoms with van der Waals surface area (Å²) in [6.07, 6.45) is 6.25. The molecule has 0 heterocycles. The van der Waals surface area contributed by atoms with Gasteiger partial charge in [-0.25, -0.2) is 13.6 Å². The number of ether oxygens (including phenoxy) is 2. The summed E-state index contributed by atoms with van der Waals surface area (Å²) < 4.78 is 38.8. The van der Waals surface area contributed by atoms with Gasteiger partial charge in [-0.3, -0.25) is 4.79 Å². The molecule has 0 unspecified atom stereocenters. The molecule has 0 saturated carbocycles. The van der Waals surface area contributed by atoms with Gasteiger partial charge in [0.1, 0.15) is 18.5 Å². The molecule has 4 nitrogen and oxygen atoms in total. The van der Waals surface area contributed by atoms with E-state index in [2.05, 4.69) is 6.92 Å². The van der Waals surface area contributed by atoms with Crippen LogP contribution in [0.3, 0.4) is 0 Å². The molecule has 3 aromatic rings. The van der Waals surface area contributed by atoms with E-state index >= 15 is 0 Å². The summed E-state index contributed by atoms with van der Waals surface area (Å²) >= 11 is 0. The molecule has 0 bridgehead atoms. The van der Waals surface area contributed by atoms with Crippen molar-refractivity contribution in [1.29, 1.82) is 0 Å². The Balaban J connectivity index is 1.53. The first-order valence-electron chi connectivity index (χ1n) is 15.1. The first-order valence-corrected chi connectivity index (χ1v) is 15.1. The first-order chi connectivity index (χ1) is 19.8. The number of halogens is 2. The van der Waals surface area contributed by atoms with Gasteiger partial charge in [0, 0.05) is 0 Å². The van der Waals surface area contributed by atoms with Crippen molar-refractivity contribution >= 4 is 22.7 Å². The van der Waals surface area contributed by atoms with Crippen molar-refractivity contribution in [3.8, 4) is 5.75 Å². The zero-order chi connectivity index (χ0) is 29.6. The maximum Gasteiger partial charge on any atom is 0.343 e. The van der Waals surface area contributed by atoms with Gasteiger partial charge in [0.2, 0.25) is 0 Å². The Morgan fingerprint density at radius 2 is 1.41 bits per heavy atom. The number of alkyl halides is 2. The highest BCUT2D eigenvalue weighted by Crippen LogP contribution is 2.27. The fourth-order valence-electron chi connectivity index (χ4n) is 4.78. The van der Waals surface area contributed by atoms with E-state index in [1.54, 1.807) is 25.1 Å². The van der Waals surface area contributed by atoms with Gasteiger partial charge in [0.15, 0.2) is 6.17 Å². The number of unbranched alkanes of at least 4 members (excludes halogenated alkanes) is 6. The molecule has 3 rings (SSSR count). The van der Waals surface area contributed by atoms with Crippen molar-refractivity contribution < 1.29 is 27.8 Å². The van der Waals surface area contributed by atoms with E-state index in [9.17, 15) is 18.4 Å². The second-order valence-corrected chi connectivity index (χ2v) is 10.9. The highest BCUT2D eigenvalue weighted by molar-refractivity contribution is 5.92. The molecular weight excluding hydrogens is 522 g/mol. The minimum Gasteiger partial charge on any atom is -0.462 e. The molecule has 41 heavy (non-hydrogen) atoms. The lowest BCUT2D eigenvalue weighted by atomic mass is 9.98. The number of benzene rings is 3. The molecule has 3 aromatic carbocycles. The molecule has 0 aliphatic carbocycles. The van der Waals surface area contributed by atoms with Gasteiger partial charge >= 0.3 is 11.9 Å². The maximum atomic E-state index is 14.1. The molecule has 0 N–H and O–H groups in total. The summed E-state index contributed by atoms with van der Waals surface area (Å²) in [5.41, 5.74) is 2.42. The highest BCUT2D eigenvalue weighted by Gasteiger charge is 2.24. The van der Waals surface area contributed by atoms with E-state index < -0.39 is 36.8 Å². The van der Waals surface area contributed by atoms with E-state index in [0.29, 0.717) is 23.3 Å². The highest BCUT2D eigenvalue weighted by atomic mass is 19.2. The summed E-state index contributed by atoms with van der Waals surface area (Å²) in [6.45, 7) is 5.31. The van der Waals surface area contributed by atoms with Crippen molar-refractivity contribution in [2.45, 2.75) is 103 Å². The zero-order valence-corrected chi connectivity index (χ0v) is 24.7. The maximum absolute atomic E-state index is 14.1. The Morgan fingerprint density at radius 1 is 0.756 bits per heavy atom. The summed E-state index contributed by atoms with van der Waals surface area (Å²) in [6, 6.07) is 18.4. The van der Waals surface area contributed by atoms with Crippen LogP contribution < -0.4 is 4.74 Å². The third-order valence-electron chi connectivity index (χ3n) is 7.52. The Labute approximate surface area is 243 Å². The van der Waals surface area contributed by atoms with Crippen LogP contribution in [0.25, 0.3) is 10.8 Å². The standard InChI is InChI=1S/C35H44F2O4/c1-4-6-8-9-11-12-26-14-16-27(17-15-26)35(39)41-31-21-20-29-22-28(18-19-30(29)23-31)25(3)34(38)40-24-33(37)32(36)13-10-7-5-2/h14-23,25,32-33H,4-13,24H2,1-3H3/t25-,32+,33+/m0/s1. The van der Waals surface area contributed by atoms with Gasteiger partial charge in [0.25, 0.3) is 0 Å². The fraction of sp³-hybridized carbons (Fsp3) is 0.486. The van der Waals surface area contributed by atoms with Crippen molar-refractivity contribution in [2.75, 3.05) is 6.61 Å². The Hall–Kier alpha value is -3.28. The average molecular weight is 567 g/mol. The van der Waals surface area contributed by atoms with E-state index in [-0.39, 0.29) is 6.42 Å². The molecule has 0 aliphatic rings. The average Bonchev–Trinajstić information content (AvgIpc) is 2.99. The Kier molecular flexibility index (Phi) is 13.3. The minimum absolute atomic E-state index is 0.135. The van der Waals surface area contributed by atoms with E-state index in [1.165, 1.54) is 31.2 Å². The van der Waals surface area contributed by atoms with Gasteiger partial charge in [-0.2, -0.15) is 0 Å². The molecule has 0 aliphatic heterocycles. The van der Waals surface area contributed by atoms with Crippen LogP contribution in [0, 0.1) is 0 Å². The molecule has 0 aromatic heterocycles. The Bertz CT molecular complexity index is 1240. The molecule has 222 valence electrons. The smallest absolute Gasteiger partial charge is 0.343 e. The summed E-state index contributed by atoms with van der Waals surface area (Å²) in [5, 5.41) is 1.70. The quantitative estimate of drug-likeness (QED) is 0.0928. The molecule has 6 heteroatoms. The lowest BCUT2D eigenvalue weighted by Crippen LogP contribution is -2.26. The SMILES string of the molecule is CCCCCCCc1ccc(C(=O)Oc2ccc3cc([C@H](C)C(=O)OC[C@@H](F)[C@H](F)CCCCC)ccc3c2)cc1. The molecule has 0 amide bonds. The summed E-state index contributed by atoms with van der Waals surface area (Å²) in [7, 11) is 0. The van der Waals surface area contributed by atoms with Crippen molar-refractivity contribution in [2.24, 2.45) is 0 Å². The number of rotatable bonds is 17. The third-order valence-corrected chi connectivity index (χ3v) is 7.52. The second kappa shape index (κ2) is 16.9. The lowest BCUT2D eigenvalue weighted by Gasteiger charge is -2.16. The molecule has 3 atom stereocenters. The number of carbonyl (C=O) groups excluding carboxylic acids is 2. The van der Waals surface area contributed by atoms with E-state index in [1.807, 2.05) is 49.4 Å². The number of carbonyl (C=O) groups is 2. The van der Waals surface area contributed by atoms with Gasteiger partial charge < -0.3 is 9.47 Å². The summed E-state index contributed by atoms with van der Waals surface area (Å²) in [4.78, 5) is 25.2. The van der Waals surface area contributed by atoms with Crippen molar-refractivity contribution in [3.05, 3.63) is 77.4 Å². The van der Waals surface area contributed by atoms with Crippen LogP contribution in [0.2, 0.25) is 0 Å². The molecule has 0 radical (unpaired) electrons.